The lowest BCUT2D eigenvalue weighted by molar-refractivity contribution is 0.0898. The number of carbonyl (C=O) groups excluding carboxylic acids is 1. The number of amides is 1. The first kappa shape index (κ1) is 12.9. The van der Waals surface area contributed by atoms with E-state index in [-0.39, 0.29) is 11.4 Å². The average Bonchev–Trinajstić information content (AvgIpc) is 2.99. The topological polar surface area (TPSA) is 42.0 Å². The Morgan fingerprint density at radius 3 is 2.45 bits per heavy atom. The summed E-state index contributed by atoms with van der Waals surface area (Å²) in [7, 11) is 0. The molecular formula is C17H18N2O. The predicted octanol–water partition coefficient (Wildman–Crippen LogP) is 3.28. The summed E-state index contributed by atoms with van der Waals surface area (Å²) >= 11 is 0. The van der Waals surface area contributed by atoms with Crippen LogP contribution in [-0.2, 0) is 5.54 Å². The molecule has 0 saturated heterocycles. The van der Waals surface area contributed by atoms with E-state index in [9.17, 15) is 4.79 Å². The third-order valence-electron chi connectivity index (χ3n) is 4.06. The Hall–Kier alpha value is -2.16. The first-order valence-electron chi connectivity index (χ1n) is 7.08. The maximum atomic E-state index is 12.4. The number of nitrogens with one attached hydrogen (secondary N) is 1. The fraction of sp³-hybridized carbons (Fsp3) is 0.294. The number of pyridine rings is 1. The van der Waals surface area contributed by atoms with Crippen LogP contribution in [0.5, 0.6) is 0 Å². The molecule has 1 fully saturated rings. The number of carbonyl (C=O) groups is 1. The van der Waals surface area contributed by atoms with Crippen molar-refractivity contribution in [2.75, 3.05) is 0 Å². The minimum absolute atomic E-state index is 0.0381. The van der Waals surface area contributed by atoms with Crippen LogP contribution in [0.4, 0.5) is 0 Å². The van der Waals surface area contributed by atoms with Crippen LogP contribution in [0.15, 0.2) is 54.9 Å². The summed E-state index contributed by atoms with van der Waals surface area (Å²) in [5.41, 5.74) is 1.61. The highest BCUT2D eigenvalue weighted by Gasteiger charge is 2.37. The first-order valence-corrected chi connectivity index (χ1v) is 7.08. The lowest BCUT2D eigenvalue weighted by Crippen LogP contribution is -2.43. The number of benzene rings is 1. The predicted molar refractivity (Wildman–Crippen MR) is 78.3 cm³/mol. The van der Waals surface area contributed by atoms with Gasteiger partial charge in [0.25, 0.3) is 5.91 Å². The van der Waals surface area contributed by atoms with Crippen molar-refractivity contribution in [1.82, 2.24) is 10.3 Å². The van der Waals surface area contributed by atoms with Gasteiger partial charge in [0.2, 0.25) is 0 Å². The van der Waals surface area contributed by atoms with Gasteiger partial charge in [-0.25, -0.2) is 0 Å². The molecule has 1 amide bonds. The summed E-state index contributed by atoms with van der Waals surface area (Å²) < 4.78 is 0. The molecule has 0 atom stereocenters. The highest BCUT2D eigenvalue weighted by Crippen LogP contribution is 2.38. The van der Waals surface area contributed by atoms with Gasteiger partial charge in [-0.3, -0.25) is 9.78 Å². The molecule has 2 aromatic rings. The highest BCUT2D eigenvalue weighted by atomic mass is 16.1. The first-order chi connectivity index (χ1) is 9.80. The Morgan fingerprint density at radius 2 is 1.80 bits per heavy atom. The summed E-state index contributed by atoms with van der Waals surface area (Å²) in [5.74, 6) is -0.0381. The van der Waals surface area contributed by atoms with Crippen molar-refractivity contribution in [2.45, 2.75) is 31.2 Å². The molecule has 1 saturated carbocycles. The lowest BCUT2D eigenvalue weighted by Gasteiger charge is -2.31. The van der Waals surface area contributed by atoms with Crippen LogP contribution in [0, 0.1) is 0 Å². The molecule has 0 unspecified atom stereocenters. The van der Waals surface area contributed by atoms with E-state index in [0.717, 1.165) is 25.7 Å². The molecule has 3 heteroatoms. The Balaban J connectivity index is 1.87. The van der Waals surface area contributed by atoms with E-state index in [1.165, 1.54) is 5.56 Å². The lowest BCUT2D eigenvalue weighted by atomic mass is 9.88. The van der Waals surface area contributed by atoms with Crippen molar-refractivity contribution in [1.29, 1.82) is 0 Å². The quantitative estimate of drug-likeness (QED) is 0.926. The van der Waals surface area contributed by atoms with Gasteiger partial charge < -0.3 is 5.32 Å². The van der Waals surface area contributed by atoms with Crippen LogP contribution in [0.3, 0.4) is 0 Å². The maximum Gasteiger partial charge on any atom is 0.253 e. The largest absolute Gasteiger partial charge is 0.342 e. The van der Waals surface area contributed by atoms with E-state index in [1.54, 1.807) is 24.5 Å². The molecule has 1 aliphatic rings. The molecule has 1 aromatic heterocycles. The smallest absolute Gasteiger partial charge is 0.253 e. The number of hydrogen-bond donors (Lipinski definition) is 1. The number of rotatable bonds is 3. The van der Waals surface area contributed by atoms with Gasteiger partial charge >= 0.3 is 0 Å². The van der Waals surface area contributed by atoms with Gasteiger partial charge in [-0.05, 0) is 30.5 Å². The molecule has 1 heterocycles. The van der Waals surface area contributed by atoms with E-state index < -0.39 is 0 Å². The molecule has 0 spiro atoms. The van der Waals surface area contributed by atoms with Gasteiger partial charge in [0, 0.05) is 12.4 Å². The summed E-state index contributed by atoms with van der Waals surface area (Å²) in [5, 5.41) is 3.25. The van der Waals surface area contributed by atoms with E-state index in [2.05, 4.69) is 22.4 Å². The normalized spacial score (nSPS) is 16.8. The van der Waals surface area contributed by atoms with Crippen LogP contribution in [0.25, 0.3) is 0 Å². The summed E-state index contributed by atoms with van der Waals surface area (Å²) in [6.07, 6.45) is 7.61. The second kappa shape index (κ2) is 5.45. The zero-order chi connectivity index (χ0) is 13.8. The Morgan fingerprint density at radius 1 is 1.05 bits per heavy atom. The van der Waals surface area contributed by atoms with Crippen LogP contribution in [0.2, 0.25) is 0 Å². The van der Waals surface area contributed by atoms with E-state index in [0.29, 0.717) is 5.56 Å². The van der Waals surface area contributed by atoms with Crippen molar-refractivity contribution in [2.24, 2.45) is 0 Å². The van der Waals surface area contributed by atoms with Gasteiger partial charge in [-0.15, -0.1) is 0 Å². The van der Waals surface area contributed by atoms with Crippen molar-refractivity contribution in [3.05, 3.63) is 66.0 Å². The van der Waals surface area contributed by atoms with Crippen molar-refractivity contribution < 1.29 is 4.79 Å². The molecule has 1 N–H and O–H groups in total. The van der Waals surface area contributed by atoms with E-state index in [4.69, 9.17) is 0 Å². The van der Waals surface area contributed by atoms with Gasteiger partial charge in [-0.1, -0.05) is 43.2 Å². The fourth-order valence-corrected chi connectivity index (χ4v) is 3.01. The highest BCUT2D eigenvalue weighted by molar-refractivity contribution is 5.94. The second-order valence-electron chi connectivity index (χ2n) is 5.35. The van der Waals surface area contributed by atoms with Crippen LogP contribution >= 0.6 is 0 Å². The third kappa shape index (κ3) is 2.44. The second-order valence-corrected chi connectivity index (χ2v) is 5.35. The molecule has 102 valence electrons. The van der Waals surface area contributed by atoms with Gasteiger partial charge in [0.1, 0.15) is 0 Å². The minimum atomic E-state index is -0.214. The molecule has 20 heavy (non-hydrogen) atoms. The number of aromatic nitrogens is 1. The Labute approximate surface area is 119 Å². The Bertz CT molecular complexity index is 574. The molecular weight excluding hydrogens is 248 g/mol. The van der Waals surface area contributed by atoms with Crippen molar-refractivity contribution in [3.63, 3.8) is 0 Å². The molecule has 0 aliphatic heterocycles. The number of nitrogens with zero attached hydrogens (tertiary/aromatic N) is 1. The van der Waals surface area contributed by atoms with Gasteiger partial charge in [0.05, 0.1) is 11.1 Å². The third-order valence-corrected chi connectivity index (χ3v) is 4.06. The van der Waals surface area contributed by atoms with Crippen LogP contribution in [0.1, 0.15) is 41.6 Å². The SMILES string of the molecule is O=C(NC1(c2ccccc2)CCCC1)c1cccnc1. The Kier molecular flexibility index (Phi) is 3.50. The van der Waals surface area contributed by atoms with Crippen LogP contribution in [-0.4, -0.2) is 10.9 Å². The maximum absolute atomic E-state index is 12.4. The molecule has 3 nitrogen and oxygen atoms in total. The van der Waals surface area contributed by atoms with E-state index >= 15 is 0 Å². The zero-order valence-corrected chi connectivity index (χ0v) is 11.4. The average molecular weight is 266 g/mol. The number of hydrogen-bond acceptors (Lipinski definition) is 2. The molecule has 0 bridgehead atoms. The van der Waals surface area contributed by atoms with E-state index in [1.807, 2.05) is 18.2 Å². The summed E-state index contributed by atoms with van der Waals surface area (Å²) in [6.45, 7) is 0. The van der Waals surface area contributed by atoms with Crippen molar-refractivity contribution >= 4 is 5.91 Å². The summed E-state index contributed by atoms with van der Waals surface area (Å²) in [4.78, 5) is 16.4. The zero-order valence-electron chi connectivity index (χ0n) is 11.4. The standard InChI is InChI=1S/C17H18N2O/c20-16(14-7-6-12-18-13-14)19-17(10-4-5-11-17)15-8-2-1-3-9-15/h1-3,6-9,12-13H,4-5,10-11H2,(H,19,20). The monoisotopic (exact) mass is 266 g/mol. The fourth-order valence-electron chi connectivity index (χ4n) is 3.01. The molecule has 3 rings (SSSR count). The minimum Gasteiger partial charge on any atom is -0.342 e. The molecule has 1 aliphatic carbocycles. The summed E-state index contributed by atoms with van der Waals surface area (Å²) in [6, 6.07) is 13.9. The van der Waals surface area contributed by atoms with Gasteiger partial charge in [-0.2, -0.15) is 0 Å². The molecule has 0 radical (unpaired) electrons. The van der Waals surface area contributed by atoms with Crippen LogP contribution < -0.4 is 5.32 Å². The van der Waals surface area contributed by atoms with Gasteiger partial charge in [0.15, 0.2) is 0 Å². The van der Waals surface area contributed by atoms with Crippen molar-refractivity contribution in [3.8, 4) is 0 Å². The molecule has 1 aromatic carbocycles.